The molecule has 0 saturated carbocycles. The lowest BCUT2D eigenvalue weighted by Gasteiger charge is -2.14. The second-order valence-corrected chi connectivity index (χ2v) is 27.4. The predicted octanol–water partition coefficient (Wildman–Crippen LogP) is 27.9. The molecule has 0 N–H and O–H groups in total. The molecule has 0 aliphatic heterocycles. The second-order valence-electron chi connectivity index (χ2n) is 27.4. The van der Waals surface area contributed by atoms with Gasteiger partial charge in [0.1, 0.15) is 0 Å². The highest BCUT2D eigenvalue weighted by Crippen LogP contribution is 2.45. The summed E-state index contributed by atoms with van der Waals surface area (Å²) >= 11 is 0. The van der Waals surface area contributed by atoms with E-state index in [1.807, 2.05) is 0 Å². The summed E-state index contributed by atoms with van der Waals surface area (Å²) < 4.78 is 7.33. The van der Waals surface area contributed by atoms with Crippen molar-refractivity contribution >= 4 is 130 Å². The van der Waals surface area contributed by atoms with E-state index in [0.29, 0.717) is 0 Å². The summed E-state index contributed by atoms with van der Waals surface area (Å²) in [6.07, 6.45) is 0. The maximum absolute atomic E-state index is 2.46. The average molecular weight is 1330 g/mol. The Balaban J connectivity index is 0.000000107. The van der Waals surface area contributed by atoms with Gasteiger partial charge in [0, 0.05) is 60.2 Å². The minimum absolute atomic E-state index is 1.17. The normalized spacial score (nSPS) is 11.6. The topological polar surface area (TPSA) is 14.8 Å². The van der Waals surface area contributed by atoms with Gasteiger partial charge in [-0.2, -0.15) is 0 Å². The van der Waals surface area contributed by atoms with Crippen molar-refractivity contribution in [3.63, 3.8) is 0 Å². The molecule has 0 bridgehead atoms. The number of para-hydroxylation sites is 1. The summed E-state index contributed by atoms with van der Waals surface area (Å²) in [5.41, 5.74) is 20.8. The van der Waals surface area contributed by atoms with Crippen LogP contribution in [0.3, 0.4) is 0 Å². The van der Waals surface area contributed by atoms with Crippen LogP contribution in [-0.4, -0.2) is 13.7 Å². The molecular formula is C102H67N3. The summed E-state index contributed by atoms with van der Waals surface area (Å²) in [4.78, 5) is 0. The Morgan fingerprint density at radius 3 is 0.829 bits per heavy atom. The first kappa shape index (κ1) is 61.0. The van der Waals surface area contributed by atoms with Gasteiger partial charge in [-0.25, -0.2) is 0 Å². The van der Waals surface area contributed by atoms with Crippen LogP contribution in [0.4, 0.5) is 0 Å². The Bertz CT molecular complexity index is 6960. The summed E-state index contributed by atoms with van der Waals surface area (Å²) in [7, 11) is 0. The van der Waals surface area contributed by atoms with Crippen LogP contribution in [0, 0.1) is 0 Å². The monoisotopic (exact) mass is 1330 g/mol. The molecule has 0 fully saturated rings. The van der Waals surface area contributed by atoms with Crippen LogP contribution in [0.15, 0.2) is 406 Å². The van der Waals surface area contributed by atoms with E-state index in [0.717, 1.165) is 0 Å². The van der Waals surface area contributed by atoms with Crippen LogP contribution in [0.1, 0.15) is 0 Å². The highest BCUT2D eigenvalue weighted by atomic mass is 15.0. The van der Waals surface area contributed by atoms with Crippen molar-refractivity contribution in [2.45, 2.75) is 0 Å². The van der Waals surface area contributed by atoms with E-state index < -0.39 is 0 Å². The molecule has 0 atom stereocenters. The molecule has 105 heavy (non-hydrogen) atoms. The Labute approximate surface area is 607 Å². The molecule has 3 nitrogen and oxygen atoms in total. The zero-order valence-corrected chi connectivity index (χ0v) is 57.5. The highest BCUT2D eigenvalue weighted by Gasteiger charge is 2.22. The van der Waals surface area contributed by atoms with E-state index in [1.165, 1.54) is 192 Å². The minimum Gasteiger partial charge on any atom is -0.309 e. The Kier molecular flexibility index (Phi) is 14.9. The van der Waals surface area contributed by atoms with Crippen molar-refractivity contribution in [3.05, 3.63) is 406 Å². The van der Waals surface area contributed by atoms with Gasteiger partial charge < -0.3 is 13.7 Å². The van der Waals surface area contributed by atoms with Gasteiger partial charge in [-0.3, -0.25) is 0 Å². The van der Waals surface area contributed by atoms with Crippen LogP contribution in [-0.2, 0) is 0 Å². The largest absolute Gasteiger partial charge is 0.309 e. The van der Waals surface area contributed by atoms with Crippen molar-refractivity contribution < 1.29 is 0 Å². The Morgan fingerprint density at radius 2 is 0.429 bits per heavy atom. The van der Waals surface area contributed by atoms with Gasteiger partial charge in [0.2, 0.25) is 0 Å². The van der Waals surface area contributed by atoms with E-state index >= 15 is 0 Å². The number of fused-ring (bicyclic) bond motifs is 21. The minimum atomic E-state index is 1.17. The summed E-state index contributed by atoms with van der Waals surface area (Å²) in [6.45, 7) is 0. The fraction of sp³-hybridized carbons (Fsp3) is 0. The quantitative estimate of drug-likeness (QED) is 0.151. The number of aromatic nitrogens is 3. The van der Waals surface area contributed by atoms with Crippen LogP contribution < -0.4 is 0 Å². The average Bonchev–Trinajstić information content (AvgIpc) is 1.58. The molecule has 0 aliphatic rings. The van der Waals surface area contributed by atoms with Gasteiger partial charge in [0.25, 0.3) is 0 Å². The van der Waals surface area contributed by atoms with Crippen molar-refractivity contribution in [2.24, 2.45) is 0 Å². The number of hydrogen-bond donors (Lipinski definition) is 0. The van der Waals surface area contributed by atoms with E-state index in [1.54, 1.807) is 0 Å². The van der Waals surface area contributed by atoms with Gasteiger partial charge in [-0.1, -0.05) is 340 Å². The van der Waals surface area contributed by atoms with E-state index in [2.05, 4.69) is 420 Å². The Morgan fingerprint density at radius 1 is 0.143 bits per heavy atom. The van der Waals surface area contributed by atoms with Crippen LogP contribution >= 0.6 is 0 Å². The van der Waals surface area contributed by atoms with Crippen molar-refractivity contribution in [3.8, 4) is 61.6 Å². The molecular weight excluding hydrogens is 1270 g/mol. The van der Waals surface area contributed by atoms with Crippen LogP contribution in [0.5, 0.6) is 0 Å². The van der Waals surface area contributed by atoms with Crippen molar-refractivity contribution in [1.82, 2.24) is 13.7 Å². The molecule has 0 amide bonds. The molecule has 490 valence electrons. The third-order valence-electron chi connectivity index (χ3n) is 21.5. The first-order chi connectivity index (χ1) is 52.1. The molecule has 3 aromatic heterocycles. The molecule has 0 aliphatic carbocycles. The van der Waals surface area contributed by atoms with Gasteiger partial charge in [0.15, 0.2) is 0 Å². The maximum Gasteiger partial charge on any atom is 0.0619 e. The number of nitrogens with zero attached hydrogens (tertiary/aromatic N) is 3. The predicted molar refractivity (Wildman–Crippen MR) is 449 cm³/mol. The summed E-state index contributed by atoms with van der Waals surface area (Å²) in [5.74, 6) is 0. The van der Waals surface area contributed by atoms with E-state index in [9.17, 15) is 0 Å². The fourth-order valence-corrected chi connectivity index (χ4v) is 16.8. The Hall–Kier alpha value is -13.9. The highest BCUT2D eigenvalue weighted by molar-refractivity contribution is 6.30. The van der Waals surface area contributed by atoms with Gasteiger partial charge in [0.05, 0.1) is 33.1 Å². The zero-order valence-electron chi connectivity index (χ0n) is 57.5. The summed E-state index contributed by atoms with van der Waals surface area (Å²) in [5, 5.41) is 23.2. The fourth-order valence-electron chi connectivity index (χ4n) is 16.8. The van der Waals surface area contributed by atoms with E-state index in [4.69, 9.17) is 0 Å². The molecule has 0 spiro atoms. The summed E-state index contributed by atoms with van der Waals surface area (Å²) in [6, 6.07) is 147. The van der Waals surface area contributed by atoms with Crippen molar-refractivity contribution in [1.29, 1.82) is 0 Å². The molecule has 0 saturated heterocycles. The van der Waals surface area contributed by atoms with Gasteiger partial charge >= 0.3 is 0 Å². The number of benzene rings is 19. The first-order valence-electron chi connectivity index (χ1n) is 36.2. The molecule has 0 radical (unpaired) electrons. The van der Waals surface area contributed by atoms with Gasteiger partial charge in [-0.15, -0.1) is 0 Å². The maximum atomic E-state index is 2.46. The number of hydrogen-bond acceptors (Lipinski definition) is 0. The smallest absolute Gasteiger partial charge is 0.0619 e. The molecule has 3 heterocycles. The number of rotatable bonds is 7. The molecule has 3 heteroatoms. The third kappa shape index (κ3) is 10.4. The van der Waals surface area contributed by atoms with E-state index in [-0.39, 0.29) is 0 Å². The lowest BCUT2D eigenvalue weighted by molar-refractivity contribution is 1.18. The molecule has 22 rings (SSSR count). The van der Waals surface area contributed by atoms with Crippen LogP contribution in [0.25, 0.3) is 192 Å². The third-order valence-corrected chi connectivity index (χ3v) is 21.5. The standard InChI is InChI=1S/2C38H25N.C26H17N/c1-3-11-26(12-4-1)30-23-31(27-13-5-2-6-14-27)25-32(24-30)39-35-21-19-28-15-7-9-17-33(28)37(35)38-34-18-10-8-16-29(34)20-22-36(38)39;1-2-10-26(11-3-1)31-14-8-9-15-32(31)29-18-22-30(23-19-29)39-36-25-21-27-12-4-6-16-33(27)37(36)35-24-20-28-13-5-7-17-34(28)38(35)39;1-2-10-20(11-3-1)27-24-17-15-18-8-4-6-12-21(18)25(24)23-16-14-19-9-5-7-13-22(19)26(23)27/h2*1-25H;1-17H. The lowest BCUT2D eigenvalue weighted by atomic mass is 9.94. The molecule has 19 aromatic carbocycles. The van der Waals surface area contributed by atoms with Crippen LogP contribution in [0.2, 0.25) is 0 Å². The van der Waals surface area contributed by atoms with Gasteiger partial charge in [-0.05, 0) is 165 Å². The molecule has 0 unspecified atom stereocenters. The first-order valence-corrected chi connectivity index (χ1v) is 36.2. The zero-order chi connectivity index (χ0) is 69.3. The molecule has 22 aromatic rings. The van der Waals surface area contributed by atoms with Crippen molar-refractivity contribution in [2.75, 3.05) is 0 Å². The SMILES string of the molecule is c1ccc(-c2cc(-c3ccccc3)cc(-n3c4ccc5ccccc5c4c4c5ccccc5ccc43)c2)cc1.c1ccc(-c2ccccc2-c2ccc(-n3c4ccc5ccccc5c4c4ccc5ccccc5c43)cc2)cc1.c1ccc(-n2c3ccc4ccccc4c3c3ccc4ccccc4c32)cc1. The second kappa shape index (κ2) is 25.6. The lowest BCUT2D eigenvalue weighted by Crippen LogP contribution is -1.96.